The van der Waals surface area contributed by atoms with E-state index < -0.39 is 0 Å². The standard InChI is InChI=1S/C20H27NO3S/c1-4-23-18-8-6-5-7-17(18)16-10-9-15(11-12-24-14(2)3)20(25)21-19(22)13-16/h5-8,13-15H,4,9-12H2,1-3H3,(H,21,22,25)/b16-13+. The van der Waals surface area contributed by atoms with Crippen LogP contribution in [0.5, 0.6) is 5.75 Å². The first-order chi connectivity index (χ1) is 12.0. The molecule has 5 heteroatoms. The lowest BCUT2D eigenvalue weighted by atomic mass is 9.91. The van der Waals surface area contributed by atoms with Gasteiger partial charge in [0.05, 0.1) is 17.7 Å². The Bertz CT molecular complexity index is 640. The van der Waals surface area contributed by atoms with Crippen LogP contribution in [0.3, 0.4) is 0 Å². The minimum Gasteiger partial charge on any atom is -0.493 e. The van der Waals surface area contributed by atoms with Gasteiger partial charge in [0, 0.05) is 24.2 Å². The Labute approximate surface area is 155 Å². The van der Waals surface area contributed by atoms with Crippen LogP contribution in [0.1, 0.15) is 45.6 Å². The molecular weight excluding hydrogens is 334 g/mol. The summed E-state index contributed by atoms with van der Waals surface area (Å²) in [4.78, 5) is 12.9. The fourth-order valence-corrected chi connectivity index (χ4v) is 3.23. The lowest BCUT2D eigenvalue weighted by Crippen LogP contribution is -2.35. The van der Waals surface area contributed by atoms with Gasteiger partial charge in [0.1, 0.15) is 5.75 Å². The second-order valence-corrected chi connectivity index (χ2v) is 6.84. The summed E-state index contributed by atoms with van der Waals surface area (Å²) >= 11 is 5.41. The van der Waals surface area contributed by atoms with E-state index in [9.17, 15) is 4.79 Å². The van der Waals surface area contributed by atoms with Crippen molar-refractivity contribution >= 4 is 28.7 Å². The highest BCUT2D eigenvalue weighted by Crippen LogP contribution is 2.32. The van der Waals surface area contributed by atoms with Crippen LogP contribution in [-0.4, -0.2) is 30.2 Å². The maximum Gasteiger partial charge on any atom is 0.249 e. The molecule has 25 heavy (non-hydrogen) atoms. The van der Waals surface area contributed by atoms with Crippen molar-refractivity contribution in [2.45, 2.75) is 46.1 Å². The molecule has 0 radical (unpaired) electrons. The lowest BCUT2D eigenvalue weighted by molar-refractivity contribution is -0.115. The van der Waals surface area contributed by atoms with Crippen LogP contribution in [-0.2, 0) is 9.53 Å². The monoisotopic (exact) mass is 361 g/mol. The SMILES string of the molecule is CCOc1ccccc1/C1=C/C(=O)NC(=S)C(CCOC(C)C)CC1. The predicted molar refractivity (Wildman–Crippen MR) is 105 cm³/mol. The number of thiocarbonyl (C=S) groups is 1. The van der Waals surface area contributed by atoms with Crippen LogP contribution in [0.2, 0.25) is 0 Å². The summed E-state index contributed by atoms with van der Waals surface area (Å²) in [5.74, 6) is 0.785. The molecule has 0 spiro atoms. The van der Waals surface area contributed by atoms with E-state index in [1.807, 2.05) is 45.0 Å². The van der Waals surface area contributed by atoms with Gasteiger partial charge < -0.3 is 14.8 Å². The number of hydrogen-bond acceptors (Lipinski definition) is 4. The van der Waals surface area contributed by atoms with Gasteiger partial charge in [0.25, 0.3) is 0 Å². The van der Waals surface area contributed by atoms with Crippen molar-refractivity contribution in [3.8, 4) is 5.75 Å². The largest absolute Gasteiger partial charge is 0.493 e. The van der Waals surface area contributed by atoms with Crippen molar-refractivity contribution in [3.05, 3.63) is 35.9 Å². The number of allylic oxidation sites excluding steroid dienone is 1. The van der Waals surface area contributed by atoms with Crippen molar-refractivity contribution in [1.82, 2.24) is 5.32 Å². The van der Waals surface area contributed by atoms with E-state index in [1.165, 1.54) is 0 Å². The average Bonchev–Trinajstić information content (AvgIpc) is 2.56. The van der Waals surface area contributed by atoms with Gasteiger partial charge in [0.2, 0.25) is 5.91 Å². The highest BCUT2D eigenvalue weighted by Gasteiger charge is 2.21. The summed E-state index contributed by atoms with van der Waals surface area (Å²) in [5.41, 5.74) is 1.96. The van der Waals surface area contributed by atoms with E-state index in [2.05, 4.69) is 5.32 Å². The topological polar surface area (TPSA) is 47.6 Å². The first kappa shape index (κ1) is 19.6. The molecule has 0 saturated heterocycles. The van der Waals surface area contributed by atoms with Gasteiger partial charge in [-0.25, -0.2) is 0 Å². The number of carbonyl (C=O) groups excluding carboxylic acids is 1. The Hall–Kier alpha value is -1.72. The van der Waals surface area contributed by atoms with E-state index in [1.54, 1.807) is 6.08 Å². The Morgan fingerprint density at radius 2 is 2.08 bits per heavy atom. The number of ether oxygens (including phenoxy) is 2. The van der Waals surface area contributed by atoms with Crippen LogP contribution < -0.4 is 10.1 Å². The molecule has 4 nitrogen and oxygen atoms in total. The number of hydrogen-bond donors (Lipinski definition) is 1. The third-order valence-corrected chi connectivity index (χ3v) is 4.57. The van der Waals surface area contributed by atoms with Crippen molar-refractivity contribution in [2.75, 3.05) is 13.2 Å². The van der Waals surface area contributed by atoms with Gasteiger partial charge in [-0.15, -0.1) is 0 Å². The van der Waals surface area contributed by atoms with Gasteiger partial charge in [-0.1, -0.05) is 30.4 Å². The third kappa shape index (κ3) is 5.94. The molecule has 0 fully saturated rings. The average molecular weight is 362 g/mol. The quantitative estimate of drug-likeness (QED) is 0.742. The molecule has 1 aromatic carbocycles. The Morgan fingerprint density at radius 3 is 2.80 bits per heavy atom. The van der Waals surface area contributed by atoms with Crippen molar-refractivity contribution in [3.63, 3.8) is 0 Å². The van der Waals surface area contributed by atoms with Crippen LogP contribution >= 0.6 is 12.2 Å². The maximum atomic E-state index is 12.3. The van der Waals surface area contributed by atoms with Crippen LogP contribution in [0.4, 0.5) is 0 Å². The number of rotatable bonds is 7. The Morgan fingerprint density at radius 1 is 1.32 bits per heavy atom. The molecule has 0 aromatic heterocycles. The molecule has 136 valence electrons. The van der Waals surface area contributed by atoms with Crippen molar-refractivity contribution in [2.24, 2.45) is 5.92 Å². The smallest absolute Gasteiger partial charge is 0.249 e. The molecule has 0 aliphatic carbocycles. The highest BCUT2D eigenvalue weighted by atomic mass is 32.1. The maximum absolute atomic E-state index is 12.3. The van der Waals surface area contributed by atoms with E-state index >= 15 is 0 Å². The normalized spacial score (nSPS) is 20.5. The Balaban J connectivity index is 2.16. The lowest BCUT2D eigenvalue weighted by Gasteiger charge is -2.23. The molecule has 1 aromatic rings. The Kier molecular flexibility index (Phi) is 7.59. The van der Waals surface area contributed by atoms with Gasteiger partial charge in [-0.3, -0.25) is 4.79 Å². The molecule has 1 heterocycles. The van der Waals surface area contributed by atoms with E-state index in [0.29, 0.717) is 18.2 Å². The van der Waals surface area contributed by atoms with Crippen molar-refractivity contribution in [1.29, 1.82) is 0 Å². The van der Waals surface area contributed by atoms with Crippen LogP contribution in [0.25, 0.3) is 5.57 Å². The number of carbonyl (C=O) groups is 1. The zero-order chi connectivity index (χ0) is 18.2. The summed E-state index contributed by atoms with van der Waals surface area (Å²) in [6.07, 6.45) is 4.32. The van der Waals surface area contributed by atoms with Gasteiger partial charge in [-0.05, 0) is 51.7 Å². The molecule has 1 unspecified atom stereocenters. The molecule has 1 atom stereocenters. The third-order valence-electron chi connectivity index (χ3n) is 4.14. The summed E-state index contributed by atoms with van der Waals surface area (Å²) in [7, 11) is 0. The zero-order valence-corrected chi connectivity index (χ0v) is 16.0. The molecular formula is C20H27NO3S. The predicted octanol–water partition coefficient (Wildman–Crippen LogP) is 4.14. The fourth-order valence-electron chi connectivity index (χ4n) is 2.90. The van der Waals surface area contributed by atoms with Gasteiger partial charge in [0.15, 0.2) is 0 Å². The minimum absolute atomic E-state index is 0.139. The molecule has 1 amide bonds. The molecule has 2 rings (SSSR count). The number of amides is 1. The van der Waals surface area contributed by atoms with E-state index in [0.717, 1.165) is 36.1 Å². The fraction of sp³-hybridized carbons (Fsp3) is 0.500. The zero-order valence-electron chi connectivity index (χ0n) is 15.2. The highest BCUT2D eigenvalue weighted by molar-refractivity contribution is 7.80. The van der Waals surface area contributed by atoms with Crippen LogP contribution in [0.15, 0.2) is 30.3 Å². The summed E-state index contributed by atoms with van der Waals surface area (Å²) < 4.78 is 11.4. The molecule has 1 aliphatic heterocycles. The number of nitrogens with one attached hydrogen (secondary N) is 1. The van der Waals surface area contributed by atoms with E-state index in [4.69, 9.17) is 21.7 Å². The molecule has 1 N–H and O–H groups in total. The van der Waals surface area contributed by atoms with Crippen LogP contribution in [0, 0.1) is 5.92 Å². The second-order valence-electron chi connectivity index (χ2n) is 6.40. The van der Waals surface area contributed by atoms with Crippen molar-refractivity contribution < 1.29 is 14.3 Å². The van der Waals surface area contributed by atoms with E-state index in [-0.39, 0.29) is 17.9 Å². The number of benzene rings is 1. The minimum atomic E-state index is -0.166. The molecule has 0 bridgehead atoms. The molecule has 0 saturated carbocycles. The first-order valence-electron chi connectivity index (χ1n) is 8.90. The van der Waals surface area contributed by atoms with Gasteiger partial charge >= 0.3 is 0 Å². The molecule has 1 aliphatic rings. The summed E-state index contributed by atoms with van der Waals surface area (Å²) in [5, 5.41) is 2.84. The summed E-state index contributed by atoms with van der Waals surface area (Å²) in [6, 6.07) is 7.85. The van der Waals surface area contributed by atoms with Gasteiger partial charge in [-0.2, -0.15) is 0 Å². The second kappa shape index (κ2) is 9.68. The first-order valence-corrected chi connectivity index (χ1v) is 9.31. The summed E-state index contributed by atoms with van der Waals surface area (Å²) in [6.45, 7) is 7.23. The number of para-hydroxylation sites is 1.